The summed E-state index contributed by atoms with van der Waals surface area (Å²) in [5.74, 6) is -3.93. The quantitative estimate of drug-likeness (QED) is 0.538. The van der Waals surface area contributed by atoms with Gasteiger partial charge in [-0.1, -0.05) is 26.8 Å². The first-order chi connectivity index (χ1) is 7.04. The van der Waals surface area contributed by atoms with Gasteiger partial charge in [0.1, 0.15) is 0 Å². The van der Waals surface area contributed by atoms with Crippen LogP contribution in [0, 0.1) is 11.8 Å². The molecule has 1 saturated carbocycles. The second kappa shape index (κ2) is 3.91. The van der Waals surface area contributed by atoms with Gasteiger partial charge in [-0.3, -0.25) is 0 Å². The van der Waals surface area contributed by atoms with Crippen LogP contribution < -0.4 is 0 Å². The van der Waals surface area contributed by atoms with Crippen molar-refractivity contribution in [3.63, 3.8) is 0 Å². The molecule has 0 spiro atoms. The first kappa shape index (κ1) is 13.8. The summed E-state index contributed by atoms with van der Waals surface area (Å²) in [6.45, 7) is 14.1. The van der Waals surface area contributed by atoms with E-state index >= 15 is 0 Å². The molecular weight excluding hydrogens is 226 g/mol. The fourth-order valence-electron chi connectivity index (χ4n) is 1.47. The van der Waals surface area contributed by atoms with Gasteiger partial charge < -0.3 is 4.43 Å². The van der Waals surface area contributed by atoms with E-state index in [4.69, 9.17) is 4.43 Å². The van der Waals surface area contributed by atoms with Crippen LogP contribution in [-0.2, 0) is 4.43 Å². The average Bonchev–Trinajstić information content (AvgIpc) is 2.61. The fourth-order valence-corrected chi connectivity index (χ4v) is 2.50. The van der Waals surface area contributed by atoms with Gasteiger partial charge in [0.2, 0.25) is 0 Å². The third-order valence-corrected chi connectivity index (χ3v) is 8.45. The Bertz CT molecular complexity index is 281. The highest BCUT2D eigenvalue weighted by molar-refractivity contribution is 6.74. The minimum Gasteiger partial charge on any atom is -0.416 e. The van der Waals surface area contributed by atoms with Gasteiger partial charge in [0, 0.05) is 6.61 Å². The monoisotopic (exact) mass is 248 g/mol. The molecule has 2 atom stereocenters. The van der Waals surface area contributed by atoms with Crippen LogP contribution in [0.15, 0.2) is 12.7 Å². The zero-order valence-corrected chi connectivity index (χ0v) is 11.8. The summed E-state index contributed by atoms with van der Waals surface area (Å²) in [4.78, 5) is 0. The number of allylic oxidation sites excluding steroid dienone is 1. The van der Waals surface area contributed by atoms with Crippen LogP contribution in [0.1, 0.15) is 20.8 Å². The third-order valence-electron chi connectivity index (χ3n) is 3.95. The zero-order valence-electron chi connectivity index (χ0n) is 10.8. The minimum absolute atomic E-state index is 0.0703. The Kier molecular flexibility index (Phi) is 3.38. The third kappa shape index (κ3) is 2.37. The lowest BCUT2D eigenvalue weighted by molar-refractivity contribution is 0.0775. The number of hydrogen-bond donors (Lipinski definition) is 0. The number of rotatable bonds is 4. The molecule has 16 heavy (non-hydrogen) atoms. The molecule has 0 heterocycles. The summed E-state index contributed by atoms with van der Waals surface area (Å²) in [5.41, 5.74) is 0. The van der Waals surface area contributed by atoms with Crippen molar-refractivity contribution in [3.8, 4) is 0 Å². The Balaban J connectivity index is 2.52. The summed E-state index contributed by atoms with van der Waals surface area (Å²) >= 11 is 0. The molecule has 0 aliphatic heterocycles. The van der Waals surface area contributed by atoms with Gasteiger partial charge in [0.15, 0.2) is 8.32 Å². The standard InChI is InChI=1S/C12H22F2OSi/c1-7-9-10(12(9,13)14)8-15-16(5,6)11(2,3)4/h7,9-10H,1,8H2,2-6H3/t9-,10-/m0/s1. The maximum Gasteiger partial charge on any atom is 0.260 e. The van der Waals surface area contributed by atoms with E-state index < -0.39 is 26.1 Å². The van der Waals surface area contributed by atoms with Crippen molar-refractivity contribution in [2.24, 2.45) is 11.8 Å². The molecule has 0 bridgehead atoms. The maximum atomic E-state index is 13.2. The number of halogens is 2. The lowest BCUT2D eigenvalue weighted by Crippen LogP contribution is -2.41. The first-order valence-corrected chi connectivity index (χ1v) is 8.59. The molecule has 0 N–H and O–H groups in total. The van der Waals surface area contributed by atoms with Gasteiger partial charge in [0.25, 0.3) is 5.92 Å². The van der Waals surface area contributed by atoms with E-state index in [9.17, 15) is 8.78 Å². The predicted molar refractivity (Wildman–Crippen MR) is 65.3 cm³/mol. The fraction of sp³-hybridized carbons (Fsp3) is 0.833. The van der Waals surface area contributed by atoms with Crippen LogP contribution in [0.25, 0.3) is 0 Å². The summed E-state index contributed by atoms with van der Waals surface area (Å²) < 4.78 is 32.2. The number of alkyl halides is 2. The molecule has 0 saturated heterocycles. The summed E-state index contributed by atoms with van der Waals surface area (Å²) in [6.07, 6.45) is 1.35. The van der Waals surface area contributed by atoms with Crippen LogP contribution >= 0.6 is 0 Å². The zero-order chi connectivity index (χ0) is 12.8. The Labute approximate surface area is 98.0 Å². The highest BCUT2D eigenvalue weighted by Crippen LogP contribution is 2.56. The predicted octanol–water partition coefficient (Wildman–Crippen LogP) is 4.08. The molecule has 0 aromatic carbocycles. The van der Waals surface area contributed by atoms with E-state index in [1.54, 1.807) is 0 Å². The van der Waals surface area contributed by atoms with Crippen LogP contribution in [0.3, 0.4) is 0 Å². The van der Waals surface area contributed by atoms with Crippen molar-refractivity contribution in [2.45, 2.75) is 44.8 Å². The lowest BCUT2D eigenvalue weighted by atomic mass is 10.2. The minimum atomic E-state index is -2.59. The normalized spacial score (nSPS) is 28.9. The average molecular weight is 248 g/mol. The van der Waals surface area contributed by atoms with Crippen molar-refractivity contribution >= 4 is 8.32 Å². The molecular formula is C12H22F2OSi. The summed E-state index contributed by atoms with van der Waals surface area (Å²) in [6, 6.07) is 0. The van der Waals surface area contributed by atoms with Crippen LogP contribution in [0.2, 0.25) is 18.1 Å². The Hall–Kier alpha value is -0.223. The Morgan fingerprint density at radius 2 is 1.88 bits per heavy atom. The number of hydrogen-bond acceptors (Lipinski definition) is 1. The van der Waals surface area contributed by atoms with Crippen molar-refractivity contribution in [2.75, 3.05) is 6.61 Å². The topological polar surface area (TPSA) is 9.23 Å². The van der Waals surface area contributed by atoms with Crippen LogP contribution in [0.5, 0.6) is 0 Å². The van der Waals surface area contributed by atoms with Gasteiger partial charge >= 0.3 is 0 Å². The summed E-state index contributed by atoms with van der Waals surface area (Å²) in [5, 5.41) is 0.0703. The van der Waals surface area contributed by atoms with Gasteiger partial charge in [-0.05, 0) is 18.1 Å². The highest BCUT2D eigenvalue weighted by Gasteiger charge is 2.66. The molecule has 0 unspecified atom stereocenters. The van der Waals surface area contributed by atoms with Crippen molar-refractivity contribution in [1.82, 2.24) is 0 Å². The molecule has 1 aliphatic rings. The lowest BCUT2D eigenvalue weighted by Gasteiger charge is -2.36. The van der Waals surface area contributed by atoms with Crippen LogP contribution in [0.4, 0.5) is 8.78 Å². The molecule has 94 valence electrons. The molecule has 1 nitrogen and oxygen atoms in total. The van der Waals surface area contributed by atoms with E-state index in [-0.39, 0.29) is 11.6 Å². The molecule has 4 heteroatoms. The SMILES string of the molecule is C=C[C@H]1[C@H](CO[Si](C)(C)C(C)(C)C)C1(F)F. The van der Waals surface area contributed by atoms with E-state index in [0.717, 1.165) is 0 Å². The van der Waals surface area contributed by atoms with Gasteiger partial charge in [-0.15, -0.1) is 6.58 Å². The highest BCUT2D eigenvalue weighted by atomic mass is 28.4. The Morgan fingerprint density at radius 1 is 1.38 bits per heavy atom. The molecule has 0 aromatic rings. The molecule has 1 rings (SSSR count). The van der Waals surface area contributed by atoms with Gasteiger partial charge in [-0.2, -0.15) is 0 Å². The van der Waals surface area contributed by atoms with Gasteiger partial charge in [0.05, 0.1) is 11.8 Å². The van der Waals surface area contributed by atoms with E-state index in [0.29, 0.717) is 0 Å². The van der Waals surface area contributed by atoms with Crippen molar-refractivity contribution < 1.29 is 13.2 Å². The van der Waals surface area contributed by atoms with E-state index in [2.05, 4.69) is 40.4 Å². The maximum absolute atomic E-state index is 13.2. The molecule has 1 fully saturated rings. The molecule has 1 aliphatic carbocycles. The van der Waals surface area contributed by atoms with Crippen molar-refractivity contribution in [3.05, 3.63) is 12.7 Å². The second-order valence-electron chi connectivity index (χ2n) is 6.11. The van der Waals surface area contributed by atoms with E-state index in [1.807, 2.05) is 0 Å². The second-order valence-corrected chi connectivity index (χ2v) is 10.9. The van der Waals surface area contributed by atoms with Gasteiger partial charge in [-0.25, -0.2) is 8.78 Å². The molecule has 0 amide bonds. The molecule has 0 radical (unpaired) electrons. The largest absolute Gasteiger partial charge is 0.416 e. The summed E-state index contributed by atoms with van der Waals surface area (Å²) in [7, 11) is -1.90. The Morgan fingerprint density at radius 3 is 2.19 bits per heavy atom. The van der Waals surface area contributed by atoms with Crippen molar-refractivity contribution in [1.29, 1.82) is 0 Å². The molecule has 0 aromatic heterocycles. The smallest absolute Gasteiger partial charge is 0.260 e. The first-order valence-electron chi connectivity index (χ1n) is 5.68. The van der Waals surface area contributed by atoms with Crippen LogP contribution in [-0.4, -0.2) is 20.8 Å². The van der Waals surface area contributed by atoms with E-state index in [1.165, 1.54) is 6.08 Å².